The summed E-state index contributed by atoms with van der Waals surface area (Å²) in [5.41, 5.74) is 5.65. The van der Waals surface area contributed by atoms with Crippen molar-refractivity contribution in [2.24, 2.45) is 0 Å². The minimum Gasteiger partial charge on any atom is -0.493 e. The summed E-state index contributed by atoms with van der Waals surface area (Å²) >= 11 is 0. The zero-order valence-electron chi connectivity index (χ0n) is 19.1. The third-order valence-corrected chi connectivity index (χ3v) is 5.27. The number of allylic oxidation sites excluding steroid dienone is 1. The molecule has 3 aromatic rings. The molecular weight excluding hydrogens is 388 g/mol. The number of carbonyl (C=O) groups is 1. The van der Waals surface area contributed by atoms with Crippen LogP contribution in [-0.4, -0.2) is 44.6 Å². The molecule has 164 valence electrons. The molecule has 0 fully saturated rings. The number of ether oxygens (including phenoxy) is 1. The molecule has 0 bridgehead atoms. The van der Waals surface area contributed by atoms with E-state index >= 15 is 0 Å². The fourth-order valence-corrected chi connectivity index (χ4v) is 3.71. The molecule has 1 amide bonds. The van der Waals surface area contributed by atoms with Gasteiger partial charge >= 0.3 is 0 Å². The zero-order valence-corrected chi connectivity index (χ0v) is 19.1. The fraction of sp³-hybridized carbons (Fsp3) is 0.346. The van der Waals surface area contributed by atoms with Crippen molar-refractivity contribution in [3.8, 4) is 16.9 Å². The van der Waals surface area contributed by atoms with Gasteiger partial charge in [0.25, 0.3) is 0 Å². The first-order valence-corrected chi connectivity index (χ1v) is 10.8. The van der Waals surface area contributed by atoms with Gasteiger partial charge in [-0.15, -0.1) is 0 Å². The maximum atomic E-state index is 12.5. The van der Waals surface area contributed by atoms with E-state index in [1.54, 1.807) is 12.3 Å². The Balaban J connectivity index is 1.97. The second kappa shape index (κ2) is 10.3. The summed E-state index contributed by atoms with van der Waals surface area (Å²) in [6, 6.07) is 12.2. The first kappa shape index (κ1) is 22.6. The number of nitrogens with one attached hydrogen (secondary N) is 1. The van der Waals surface area contributed by atoms with Crippen LogP contribution in [0.2, 0.25) is 0 Å². The summed E-state index contributed by atoms with van der Waals surface area (Å²) in [5.74, 6) is 0.671. The topological polar surface area (TPSA) is 54.7 Å². The molecule has 3 rings (SSSR count). The Labute approximate surface area is 184 Å². The van der Waals surface area contributed by atoms with Crippen molar-refractivity contribution in [3.05, 3.63) is 59.9 Å². The third-order valence-electron chi connectivity index (χ3n) is 5.27. The van der Waals surface area contributed by atoms with Crippen molar-refractivity contribution in [2.45, 2.75) is 27.2 Å². The maximum Gasteiger partial charge on any atom is 0.244 e. The van der Waals surface area contributed by atoms with Gasteiger partial charge in [-0.25, -0.2) is 0 Å². The number of rotatable bonds is 9. The van der Waals surface area contributed by atoms with Gasteiger partial charge in [-0.05, 0) is 65.0 Å². The van der Waals surface area contributed by atoms with E-state index in [9.17, 15) is 4.79 Å². The van der Waals surface area contributed by atoms with Gasteiger partial charge in [0.2, 0.25) is 5.91 Å². The van der Waals surface area contributed by atoms with E-state index in [1.807, 2.05) is 53.1 Å². The van der Waals surface area contributed by atoms with E-state index < -0.39 is 0 Å². The Morgan fingerprint density at radius 1 is 1.23 bits per heavy atom. The van der Waals surface area contributed by atoms with Gasteiger partial charge in [-0.1, -0.05) is 30.3 Å². The molecule has 0 saturated heterocycles. The highest BCUT2D eigenvalue weighted by molar-refractivity contribution is 6.01. The van der Waals surface area contributed by atoms with Crippen molar-refractivity contribution in [2.75, 3.05) is 33.8 Å². The molecule has 1 heterocycles. The second-order valence-corrected chi connectivity index (χ2v) is 7.98. The molecule has 0 spiro atoms. The first-order valence-electron chi connectivity index (χ1n) is 10.8. The molecule has 5 nitrogen and oxygen atoms in total. The molecule has 1 N–H and O–H groups in total. The van der Waals surface area contributed by atoms with Gasteiger partial charge in [0.1, 0.15) is 11.3 Å². The molecule has 0 aliphatic carbocycles. The van der Waals surface area contributed by atoms with Gasteiger partial charge in [0, 0.05) is 34.7 Å². The summed E-state index contributed by atoms with van der Waals surface area (Å²) in [4.78, 5) is 14.6. The fourth-order valence-electron chi connectivity index (χ4n) is 3.71. The van der Waals surface area contributed by atoms with Crippen molar-refractivity contribution < 1.29 is 13.9 Å². The molecule has 5 heteroatoms. The summed E-state index contributed by atoms with van der Waals surface area (Å²) in [7, 11) is 4.05. The van der Waals surface area contributed by atoms with Crippen molar-refractivity contribution in [3.63, 3.8) is 0 Å². The normalized spacial score (nSPS) is 11.9. The maximum absolute atomic E-state index is 12.5. The molecule has 1 aromatic heterocycles. The quantitative estimate of drug-likeness (QED) is 0.378. The van der Waals surface area contributed by atoms with Crippen LogP contribution in [0.3, 0.4) is 0 Å². The predicted octanol–water partition coefficient (Wildman–Crippen LogP) is 5.28. The average Bonchev–Trinajstić information content (AvgIpc) is 3.18. The van der Waals surface area contributed by atoms with Crippen LogP contribution in [0.4, 0.5) is 0 Å². The lowest BCUT2D eigenvalue weighted by Crippen LogP contribution is -2.25. The van der Waals surface area contributed by atoms with Crippen molar-refractivity contribution in [1.29, 1.82) is 0 Å². The molecular formula is C26H32N2O3. The molecule has 0 aliphatic rings. The predicted molar refractivity (Wildman–Crippen MR) is 127 cm³/mol. The van der Waals surface area contributed by atoms with Gasteiger partial charge in [-0.3, -0.25) is 4.79 Å². The van der Waals surface area contributed by atoms with Gasteiger partial charge in [0.15, 0.2) is 0 Å². The highest BCUT2D eigenvalue weighted by Gasteiger charge is 2.19. The minimum atomic E-state index is -0.0908. The van der Waals surface area contributed by atoms with Crippen LogP contribution in [-0.2, 0) is 4.79 Å². The van der Waals surface area contributed by atoms with Crippen LogP contribution in [0.15, 0.2) is 53.2 Å². The van der Waals surface area contributed by atoms with Crippen LogP contribution in [0.5, 0.6) is 5.75 Å². The Hall–Kier alpha value is -3.05. The summed E-state index contributed by atoms with van der Waals surface area (Å²) in [5, 5.41) is 3.99. The molecule has 0 radical (unpaired) electrons. The van der Waals surface area contributed by atoms with Crippen LogP contribution in [0.1, 0.15) is 31.4 Å². The number of carbonyl (C=O) groups excluding carboxylic acids is 1. The zero-order chi connectivity index (χ0) is 22.4. The van der Waals surface area contributed by atoms with E-state index in [1.165, 1.54) is 0 Å². The molecule has 0 atom stereocenters. The standard InChI is InChI=1S/C26H32N2O3/c1-6-30-25-19(3)26-22(23(17-31-26)20-11-8-7-9-12-20)16-21(25)18(2)15-24(29)27-13-10-14-28(4)5/h7-9,11-12,15-17H,6,10,13-14H2,1-5H3,(H,27,29)/b18-15+. The highest BCUT2D eigenvalue weighted by Crippen LogP contribution is 2.40. The monoisotopic (exact) mass is 420 g/mol. The molecule has 31 heavy (non-hydrogen) atoms. The Morgan fingerprint density at radius 2 is 1.97 bits per heavy atom. The number of hydrogen-bond acceptors (Lipinski definition) is 4. The number of hydrogen-bond donors (Lipinski definition) is 1. The van der Waals surface area contributed by atoms with Crippen LogP contribution in [0.25, 0.3) is 27.7 Å². The number of fused-ring (bicyclic) bond motifs is 1. The number of furan rings is 1. The number of benzene rings is 2. The van der Waals surface area contributed by atoms with Crippen LogP contribution in [0, 0.1) is 6.92 Å². The SMILES string of the molecule is CCOc1c(/C(C)=C/C(=O)NCCCN(C)C)cc2c(-c3ccccc3)coc2c1C. The Morgan fingerprint density at radius 3 is 2.65 bits per heavy atom. The lowest BCUT2D eigenvalue weighted by atomic mass is 9.96. The smallest absolute Gasteiger partial charge is 0.244 e. The summed E-state index contributed by atoms with van der Waals surface area (Å²) in [6.45, 7) is 8.04. The number of nitrogens with zero attached hydrogens (tertiary/aromatic N) is 1. The first-order chi connectivity index (χ1) is 14.9. The van der Waals surface area contributed by atoms with Crippen LogP contribution >= 0.6 is 0 Å². The van der Waals surface area contributed by atoms with E-state index in [2.05, 4.69) is 28.4 Å². The van der Waals surface area contributed by atoms with E-state index in [0.29, 0.717) is 13.2 Å². The van der Waals surface area contributed by atoms with E-state index in [4.69, 9.17) is 9.15 Å². The third kappa shape index (κ3) is 5.36. The minimum absolute atomic E-state index is 0.0908. The molecule has 0 unspecified atom stereocenters. The largest absolute Gasteiger partial charge is 0.493 e. The molecule has 0 aliphatic heterocycles. The summed E-state index contributed by atoms with van der Waals surface area (Å²) < 4.78 is 11.9. The lowest BCUT2D eigenvalue weighted by molar-refractivity contribution is -0.116. The van der Waals surface area contributed by atoms with E-state index in [0.717, 1.165) is 57.5 Å². The van der Waals surface area contributed by atoms with Gasteiger partial charge < -0.3 is 19.4 Å². The number of aryl methyl sites for hydroxylation is 1. The lowest BCUT2D eigenvalue weighted by Gasteiger charge is -2.15. The summed E-state index contributed by atoms with van der Waals surface area (Å²) in [6.07, 6.45) is 4.36. The Bertz CT molecular complexity index is 1070. The Kier molecular flexibility index (Phi) is 7.53. The van der Waals surface area contributed by atoms with Crippen LogP contribution < -0.4 is 10.1 Å². The average molecular weight is 421 g/mol. The van der Waals surface area contributed by atoms with Crippen molar-refractivity contribution >= 4 is 22.4 Å². The van der Waals surface area contributed by atoms with E-state index in [-0.39, 0.29) is 5.91 Å². The highest BCUT2D eigenvalue weighted by atomic mass is 16.5. The molecule has 2 aromatic carbocycles. The van der Waals surface area contributed by atoms with Gasteiger partial charge in [-0.2, -0.15) is 0 Å². The molecule has 0 saturated carbocycles. The van der Waals surface area contributed by atoms with Gasteiger partial charge in [0.05, 0.1) is 12.9 Å². The number of amides is 1. The van der Waals surface area contributed by atoms with Crippen molar-refractivity contribution in [1.82, 2.24) is 10.2 Å². The second-order valence-electron chi connectivity index (χ2n) is 7.98.